The van der Waals surface area contributed by atoms with E-state index in [4.69, 9.17) is 0 Å². The average Bonchev–Trinajstić information content (AvgIpc) is 2.78. The molecular formula is C15H18N2OS. The summed E-state index contributed by atoms with van der Waals surface area (Å²) in [6.45, 7) is 6.18. The normalized spacial score (nSPS) is 13.3. The van der Waals surface area contributed by atoms with E-state index in [0.29, 0.717) is 5.92 Å². The predicted molar refractivity (Wildman–Crippen MR) is 81.1 cm³/mol. The minimum Gasteiger partial charge on any atom is -0.350 e. The van der Waals surface area contributed by atoms with Crippen LogP contribution in [0.5, 0.6) is 0 Å². The van der Waals surface area contributed by atoms with Crippen molar-refractivity contribution >= 4 is 33.5 Å². The highest BCUT2D eigenvalue weighted by Gasteiger charge is 2.08. The molecule has 0 saturated carbocycles. The number of carbonyl (C=O) groups excluding carboxylic acids is 1. The van der Waals surface area contributed by atoms with Gasteiger partial charge in [-0.15, -0.1) is 11.3 Å². The Kier molecular flexibility index (Phi) is 4.32. The SMILES string of the molecule is CC(C)C(C)NC(=O)/C=C/c1nc2ccccc2s1. The highest BCUT2D eigenvalue weighted by Crippen LogP contribution is 2.22. The summed E-state index contributed by atoms with van der Waals surface area (Å²) in [6, 6.07) is 8.14. The van der Waals surface area contributed by atoms with Crippen LogP contribution in [0.1, 0.15) is 25.8 Å². The number of para-hydroxylation sites is 1. The molecule has 0 spiro atoms. The summed E-state index contributed by atoms with van der Waals surface area (Å²) < 4.78 is 1.14. The number of nitrogens with zero attached hydrogens (tertiary/aromatic N) is 1. The average molecular weight is 274 g/mol. The number of nitrogens with one attached hydrogen (secondary N) is 1. The number of fused-ring (bicyclic) bond motifs is 1. The highest BCUT2D eigenvalue weighted by molar-refractivity contribution is 7.19. The minimum absolute atomic E-state index is 0.0690. The number of hydrogen-bond donors (Lipinski definition) is 1. The molecule has 0 saturated heterocycles. The van der Waals surface area contributed by atoms with Gasteiger partial charge < -0.3 is 5.32 Å². The first-order valence-corrected chi connectivity index (χ1v) is 7.22. The zero-order chi connectivity index (χ0) is 13.8. The van der Waals surface area contributed by atoms with Crippen LogP contribution in [-0.2, 0) is 4.79 Å². The molecule has 1 heterocycles. The fourth-order valence-corrected chi connectivity index (χ4v) is 2.42. The second-order valence-electron chi connectivity index (χ2n) is 4.89. The first kappa shape index (κ1) is 13.7. The van der Waals surface area contributed by atoms with Gasteiger partial charge in [0.25, 0.3) is 0 Å². The van der Waals surface area contributed by atoms with Crippen LogP contribution in [0.4, 0.5) is 0 Å². The van der Waals surface area contributed by atoms with Crippen molar-refractivity contribution in [3.05, 3.63) is 35.3 Å². The molecule has 0 fully saturated rings. The third kappa shape index (κ3) is 3.64. The van der Waals surface area contributed by atoms with Gasteiger partial charge in [0.05, 0.1) is 10.2 Å². The molecule has 0 bridgehead atoms. The van der Waals surface area contributed by atoms with Crippen LogP contribution in [0.15, 0.2) is 30.3 Å². The Morgan fingerprint density at radius 2 is 2.05 bits per heavy atom. The number of carbonyl (C=O) groups is 1. The third-order valence-electron chi connectivity index (χ3n) is 3.06. The van der Waals surface area contributed by atoms with E-state index in [-0.39, 0.29) is 11.9 Å². The number of hydrogen-bond acceptors (Lipinski definition) is 3. The molecule has 1 aromatic carbocycles. The third-order valence-corrected chi connectivity index (χ3v) is 4.06. The van der Waals surface area contributed by atoms with Gasteiger partial charge in [0, 0.05) is 12.1 Å². The maximum Gasteiger partial charge on any atom is 0.244 e. The topological polar surface area (TPSA) is 42.0 Å². The Bertz CT molecular complexity index is 568. The molecule has 2 rings (SSSR count). The van der Waals surface area contributed by atoms with Crippen LogP contribution in [0.25, 0.3) is 16.3 Å². The van der Waals surface area contributed by atoms with Gasteiger partial charge in [0.1, 0.15) is 5.01 Å². The first-order chi connectivity index (χ1) is 9.06. The van der Waals surface area contributed by atoms with E-state index in [1.807, 2.05) is 31.2 Å². The van der Waals surface area contributed by atoms with Crippen molar-refractivity contribution in [1.29, 1.82) is 0 Å². The molecule has 1 aromatic heterocycles. The fourth-order valence-electron chi connectivity index (χ4n) is 1.55. The number of thiazole rings is 1. The number of rotatable bonds is 4. The van der Waals surface area contributed by atoms with Gasteiger partial charge in [-0.3, -0.25) is 4.79 Å². The van der Waals surface area contributed by atoms with Crippen molar-refractivity contribution < 1.29 is 4.79 Å². The van der Waals surface area contributed by atoms with E-state index in [0.717, 1.165) is 15.2 Å². The minimum atomic E-state index is -0.0690. The van der Waals surface area contributed by atoms with Crippen LogP contribution >= 0.6 is 11.3 Å². The lowest BCUT2D eigenvalue weighted by Crippen LogP contribution is -2.34. The first-order valence-electron chi connectivity index (χ1n) is 6.40. The Labute approximate surface area is 117 Å². The molecule has 3 nitrogen and oxygen atoms in total. The van der Waals surface area contributed by atoms with Gasteiger partial charge in [-0.1, -0.05) is 26.0 Å². The van der Waals surface area contributed by atoms with E-state index in [1.54, 1.807) is 23.5 Å². The molecular weight excluding hydrogens is 256 g/mol. The van der Waals surface area contributed by atoms with Gasteiger partial charge >= 0.3 is 0 Å². The molecule has 1 atom stereocenters. The van der Waals surface area contributed by atoms with E-state index < -0.39 is 0 Å². The van der Waals surface area contributed by atoms with Gasteiger partial charge in [-0.25, -0.2) is 4.98 Å². The van der Waals surface area contributed by atoms with Crippen LogP contribution in [-0.4, -0.2) is 16.9 Å². The molecule has 100 valence electrons. The number of benzene rings is 1. The molecule has 0 aliphatic carbocycles. The Morgan fingerprint density at radius 1 is 1.32 bits per heavy atom. The van der Waals surface area contributed by atoms with E-state index in [9.17, 15) is 4.79 Å². The number of amides is 1. The van der Waals surface area contributed by atoms with Crippen molar-refractivity contribution in [2.24, 2.45) is 5.92 Å². The van der Waals surface area contributed by atoms with Crippen molar-refractivity contribution in [3.8, 4) is 0 Å². The maximum absolute atomic E-state index is 11.7. The summed E-state index contributed by atoms with van der Waals surface area (Å²) in [5.41, 5.74) is 0.975. The lowest BCUT2D eigenvalue weighted by Gasteiger charge is -2.15. The molecule has 19 heavy (non-hydrogen) atoms. The summed E-state index contributed by atoms with van der Waals surface area (Å²) in [6.07, 6.45) is 3.32. The Hall–Kier alpha value is -1.68. The van der Waals surface area contributed by atoms with E-state index in [1.165, 1.54) is 0 Å². The molecule has 0 aliphatic heterocycles. The zero-order valence-corrected chi connectivity index (χ0v) is 12.2. The fraction of sp³-hybridized carbons (Fsp3) is 0.333. The van der Waals surface area contributed by atoms with Crippen molar-refractivity contribution in [3.63, 3.8) is 0 Å². The number of aromatic nitrogens is 1. The van der Waals surface area contributed by atoms with Gasteiger partial charge in [-0.05, 0) is 31.1 Å². The van der Waals surface area contributed by atoms with Crippen molar-refractivity contribution in [2.45, 2.75) is 26.8 Å². The molecule has 1 amide bonds. The quantitative estimate of drug-likeness (QED) is 0.867. The molecule has 1 unspecified atom stereocenters. The van der Waals surface area contributed by atoms with Crippen LogP contribution in [0.3, 0.4) is 0 Å². The smallest absolute Gasteiger partial charge is 0.244 e. The van der Waals surface area contributed by atoms with Crippen LogP contribution < -0.4 is 5.32 Å². The summed E-state index contributed by atoms with van der Waals surface area (Å²) in [7, 11) is 0. The Balaban J connectivity index is 2.03. The largest absolute Gasteiger partial charge is 0.350 e. The lowest BCUT2D eigenvalue weighted by molar-refractivity contribution is -0.117. The van der Waals surface area contributed by atoms with Gasteiger partial charge in [-0.2, -0.15) is 0 Å². The predicted octanol–water partition coefficient (Wildman–Crippen LogP) is 3.47. The highest BCUT2D eigenvalue weighted by atomic mass is 32.1. The van der Waals surface area contributed by atoms with E-state index in [2.05, 4.69) is 24.1 Å². The summed E-state index contributed by atoms with van der Waals surface area (Å²) in [5.74, 6) is 0.361. The second-order valence-corrected chi connectivity index (χ2v) is 5.96. The monoisotopic (exact) mass is 274 g/mol. The zero-order valence-electron chi connectivity index (χ0n) is 11.4. The Morgan fingerprint density at radius 3 is 2.74 bits per heavy atom. The van der Waals surface area contributed by atoms with Crippen molar-refractivity contribution in [1.82, 2.24) is 10.3 Å². The summed E-state index contributed by atoms with van der Waals surface area (Å²) in [5, 5.41) is 3.79. The maximum atomic E-state index is 11.7. The van der Waals surface area contributed by atoms with Gasteiger partial charge in [0.2, 0.25) is 5.91 Å². The molecule has 2 aromatic rings. The lowest BCUT2D eigenvalue weighted by atomic mass is 10.1. The molecule has 1 N–H and O–H groups in total. The van der Waals surface area contributed by atoms with Gasteiger partial charge in [0.15, 0.2) is 0 Å². The van der Waals surface area contributed by atoms with Crippen LogP contribution in [0, 0.1) is 5.92 Å². The van der Waals surface area contributed by atoms with Crippen LogP contribution in [0.2, 0.25) is 0 Å². The van der Waals surface area contributed by atoms with Crippen molar-refractivity contribution in [2.75, 3.05) is 0 Å². The molecule has 0 radical (unpaired) electrons. The molecule has 4 heteroatoms. The standard InChI is InChI=1S/C15H18N2OS/c1-10(2)11(3)16-14(18)8-9-15-17-12-6-4-5-7-13(12)19-15/h4-11H,1-3H3,(H,16,18)/b9-8+. The van der Waals surface area contributed by atoms with E-state index >= 15 is 0 Å². The second kappa shape index (κ2) is 5.97. The molecule has 0 aliphatic rings. The summed E-state index contributed by atoms with van der Waals surface area (Å²) in [4.78, 5) is 16.2. The summed E-state index contributed by atoms with van der Waals surface area (Å²) >= 11 is 1.59.